The monoisotopic (exact) mass is 421 g/mol. The second kappa shape index (κ2) is 11.1. The van der Waals surface area contributed by atoms with E-state index in [1.807, 2.05) is 54.5 Å². The van der Waals surface area contributed by atoms with Crippen LogP contribution in [-0.4, -0.2) is 41.5 Å². The molecule has 0 spiro atoms. The Kier molecular flexibility index (Phi) is 9.53. The molecular weight excluding hydrogens is 382 g/mol. The topological polar surface area (TPSA) is 68.2 Å². The van der Waals surface area contributed by atoms with Crippen LogP contribution >= 0.6 is 0 Å². The van der Waals surface area contributed by atoms with E-state index in [0.717, 1.165) is 24.0 Å². The van der Waals surface area contributed by atoms with Gasteiger partial charge in [-0.1, -0.05) is 19.9 Å². The molecule has 0 unspecified atom stereocenters. The molecule has 0 heterocycles. The van der Waals surface area contributed by atoms with Crippen LogP contribution in [0, 0.1) is 6.92 Å². The van der Waals surface area contributed by atoms with E-state index in [4.69, 9.17) is 14.2 Å². The van der Waals surface area contributed by atoms with Gasteiger partial charge in [-0.3, -0.25) is 4.90 Å². The largest absolute Gasteiger partial charge is 0.493 e. The first-order chi connectivity index (χ1) is 14.0. The summed E-state index contributed by atoms with van der Waals surface area (Å²) in [5.74, 6) is 1.73. The maximum atomic E-state index is 12.0. The van der Waals surface area contributed by atoms with Crippen LogP contribution in [0.3, 0.4) is 0 Å². The number of nitrogens with zero attached hydrogens (tertiary/aromatic N) is 1. The van der Waals surface area contributed by atoms with E-state index in [0.29, 0.717) is 42.6 Å². The number of amides is 1. The van der Waals surface area contributed by atoms with Crippen LogP contribution in [0.2, 0.25) is 0 Å². The van der Waals surface area contributed by atoms with Crippen LogP contribution in [0.5, 0.6) is 11.5 Å². The van der Waals surface area contributed by atoms with Crippen molar-refractivity contribution in [1.82, 2.24) is 4.90 Å². The summed E-state index contributed by atoms with van der Waals surface area (Å²) in [5, 5.41) is 9.87. The minimum Gasteiger partial charge on any atom is -0.493 e. The summed E-state index contributed by atoms with van der Waals surface area (Å²) in [7, 11) is 0. The van der Waals surface area contributed by atoms with Crippen LogP contribution < -0.4 is 9.47 Å². The fraction of sp³-hybridized carbons (Fsp3) is 0.625. The zero-order valence-electron chi connectivity index (χ0n) is 19.9. The normalized spacial score (nSPS) is 12.3. The molecule has 0 saturated heterocycles. The van der Waals surface area contributed by atoms with Gasteiger partial charge in [-0.25, -0.2) is 4.79 Å². The first kappa shape index (κ1) is 25.7. The Labute approximate surface area is 181 Å². The Balaban J connectivity index is 3.64. The molecule has 1 atom stereocenters. The van der Waals surface area contributed by atoms with Crippen LogP contribution in [0.15, 0.2) is 12.6 Å². The summed E-state index contributed by atoms with van der Waals surface area (Å²) >= 11 is 0. The number of unbranched alkanes of at least 4 members (excludes halogenated alkanes) is 1. The van der Waals surface area contributed by atoms with Gasteiger partial charge in [0, 0.05) is 5.54 Å². The maximum absolute atomic E-state index is 12.0. The van der Waals surface area contributed by atoms with Crippen molar-refractivity contribution in [3.63, 3.8) is 0 Å². The molecule has 0 bridgehead atoms. The first-order valence-corrected chi connectivity index (χ1v) is 10.8. The van der Waals surface area contributed by atoms with Crippen LogP contribution in [0.25, 0.3) is 5.76 Å². The number of hydrogen-bond donors (Lipinski definition) is 1. The summed E-state index contributed by atoms with van der Waals surface area (Å²) in [6, 6.07) is 1.50. The zero-order chi connectivity index (χ0) is 23.1. The maximum Gasteiger partial charge on any atom is 0.408 e. The molecule has 0 aliphatic rings. The number of carboxylic acid groups (broad SMARTS) is 1. The van der Waals surface area contributed by atoms with E-state index < -0.39 is 17.7 Å². The molecule has 0 radical (unpaired) electrons. The second-order valence-electron chi connectivity index (χ2n) is 8.28. The molecule has 6 heteroatoms. The van der Waals surface area contributed by atoms with Gasteiger partial charge in [0.25, 0.3) is 0 Å². The fourth-order valence-corrected chi connectivity index (χ4v) is 3.63. The average Bonchev–Trinajstić information content (AvgIpc) is 2.63. The number of carbonyl (C=O) groups is 1. The summed E-state index contributed by atoms with van der Waals surface area (Å²) in [6.45, 7) is 21.0. The van der Waals surface area contributed by atoms with Crippen molar-refractivity contribution < 1.29 is 24.1 Å². The molecule has 0 aliphatic heterocycles. The molecule has 6 nitrogen and oxygen atoms in total. The van der Waals surface area contributed by atoms with Crippen LogP contribution in [-0.2, 0) is 4.74 Å². The van der Waals surface area contributed by atoms with E-state index in [1.54, 1.807) is 0 Å². The Morgan fingerprint density at radius 2 is 1.80 bits per heavy atom. The summed E-state index contributed by atoms with van der Waals surface area (Å²) in [6.07, 6.45) is 0.985. The van der Waals surface area contributed by atoms with Gasteiger partial charge < -0.3 is 19.3 Å². The molecule has 1 amide bonds. The first-order valence-electron chi connectivity index (χ1n) is 10.8. The Morgan fingerprint density at radius 3 is 2.27 bits per heavy atom. The van der Waals surface area contributed by atoms with Crippen molar-refractivity contribution in [3.05, 3.63) is 29.3 Å². The smallest absolute Gasteiger partial charge is 0.408 e. The van der Waals surface area contributed by atoms with Crippen molar-refractivity contribution >= 4 is 11.9 Å². The van der Waals surface area contributed by atoms with Gasteiger partial charge >= 0.3 is 6.09 Å². The molecule has 0 saturated carbocycles. The van der Waals surface area contributed by atoms with Crippen molar-refractivity contribution in [1.29, 1.82) is 0 Å². The third-order valence-electron chi connectivity index (χ3n) is 4.94. The highest BCUT2D eigenvalue weighted by atomic mass is 16.5. The summed E-state index contributed by atoms with van der Waals surface area (Å²) < 4.78 is 17.8. The zero-order valence-corrected chi connectivity index (χ0v) is 19.9. The van der Waals surface area contributed by atoms with Gasteiger partial charge in [-0.15, -0.1) is 0 Å². The van der Waals surface area contributed by atoms with E-state index >= 15 is 0 Å². The molecule has 0 fully saturated rings. The minimum atomic E-state index is -0.971. The molecule has 1 aromatic rings. The minimum absolute atomic E-state index is 0.399. The highest BCUT2D eigenvalue weighted by molar-refractivity contribution is 5.74. The predicted octanol–water partition coefficient (Wildman–Crippen LogP) is 6.42. The molecule has 170 valence electrons. The van der Waals surface area contributed by atoms with Gasteiger partial charge in [-0.05, 0) is 72.1 Å². The lowest BCUT2D eigenvalue weighted by molar-refractivity contribution is 0.0749. The van der Waals surface area contributed by atoms with E-state index in [9.17, 15) is 9.90 Å². The Morgan fingerprint density at radius 1 is 1.20 bits per heavy atom. The molecule has 1 N–H and O–H groups in total. The summed E-state index contributed by atoms with van der Waals surface area (Å²) in [5.41, 5.74) is 1.82. The number of ether oxygens (including phenoxy) is 3. The second-order valence-corrected chi connectivity index (χ2v) is 8.28. The quantitative estimate of drug-likeness (QED) is 0.330. The molecular formula is C24H39NO5. The standard InChI is InChI=1S/C24H39NO5/c1-10-13-14-30-18(6)21-20(28-11-2)15-19(16(4)22(21)29-12-3)17(5)25(23(26)27)24(7,8)9/h15,17H,6,10-14H2,1-5,7-9H3,(H,26,27)/t17-/m1/s1. The van der Waals surface area contributed by atoms with Crippen molar-refractivity contribution in [3.8, 4) is 11.5 Å². The Hall–Kier alpha value is -2.37. The van der Waals surface area contributed by atoms with Crippen LogP contribution in [0.1, 0.15) is 84.0 Å². The third-order valence-corrected chi connectivity index (χ3v) is 4.94. The van der Waals surface area contributed by atoms with Crippen molar-refractivity contribution in [2.75, 3.05) is 19.8 Å². The number of hydrogen-bond acceptors (Lipinski definition) is 4. The van der Waals surface area contributed by atoms with Gasteiger partial charge in [0.2, 0.25) is 0 Å². The lowest BCUT2D eigenvalue weighted by Gasteiger charge is -2.39. The van der Waals surface area contributed by atoms with Gasteiger partial charge in [0.05, 0.1) is 25.9 Å². The lowest BCUT2D eigenvalue weighted by Crippen LogP contribution is -2.46. The van der Waals surface area contributed by atoms with E-state index in [-0.39, 0.29) is 0 Å². The van der Waals surface area contributed by atoms with Crippen LogP contribution in [0.4, 0.5) is 4.79 Å². The van der Waals surface area contributed by atoms with Gasteiger partial charge in [-0.2, -0.15) is 0 Å². The molecule has 1 rings (SSSR count). The van der Waals surface area contributed by atoms with Gasteiger partial charge in [0.1, 0.15) is 22.8 Å². The molecule has 0 aromatic heterocycles. The van der Waals surface area contributed by atoms with Gasteiger partial charge in [0.15, 0.2) is 0 Å². The molecule has 1 aromatic carbocycles. The van der Waals surface area contributed by atoms with E-state index in [1.165, 1.54) is 4.90 Å². The highest BCUT2D eigenvalue weighted by Crippen LogP contribution is 2.43. The number of rotatable bonds is 11. The average molecular weight is 422 g/mol. The third kappa shape index (κ3) is 6.07. The lowest BCUT2D eigenvalue weighted by atomic mass is 9.93. The fourth-order valence-electron chi connectivity index (χ4n) is 3.63. The molecule has 30 heavy (non-hydrogen) atoms. The Bertz CT molecular complexity index is 736. The van der Waals surface area contributed by atoms with Crippen molar-refractivity contribution in [2.24, 2.45) is 0 Å². The predicted molar refractivity (Wildman–Crippen MR) is 121 cm³/mol. The molecule has 0 aliphatic carbocycles. The van der Waals surface area contributed by atoms with Crippen molar-refractivity contribution in [2.45, 2.75) is 79.8 Å². The highest BCUT2D eigenvalue weighted by Gasteiger charge is 2.34. The summed E-state index contributed by atoms with van der Waals surface area (Å²) in [4.78, 5) is 13.5. The van der Waals surface area contributed by atoms with E-state index in [2.05, 4.69) is 13.5 Å². The number of benzene rings is 1. The SMILES string of the molecule is C=C(OCCCC)c1c(OCC)cc([C@@H](C)N(C(=O)O)C(C)(C)C)c(C)c1OCC.